The Morgan fingerprint density at radius 2 is 1.88 bits per heavy atom. The number of carbonyl (C=O) groups is 1. The van der Waals surface area contributed by atoms with Crippen molar-refractivity contribution < 1.29 is 24.1 Å². The number of hydrogen-bond acceptors (Lipinski definition) is 8. The monoisotopic (exact) mass is 620 g/mol. The summed E-state index contributed by atoms with van der Waals surface area (Å²) in [6, 6.07) is 19.1. The molecule has 0 amide bonds. The van der Waals surface area contributed by atoms with Gasteiger partial charge in [0.15, 0.2) is 16.3 Å². The Morgan fingerprint density at radius 3 is 2.58 bits per heavy atom. The molecule has 0 spiro atoms. The molecule has 3 aromatic carbocycles. The summed E-state index contributed by atoms with van der Waals surface area (Å²) in [4.78, 5) is 32.8. The number of phenolic OH excluding ortho intramolecular Hbond substituents is 1. The molecule has 0 bridgehead atoms. The van der Waals surface area contributed by atoms with Crippen molar-refractivity contribution in [1.82, 2.24) is 4.57 Å². The highest BCUT2D eigenvalue weighted by Gasteiger charge is 2.35. The Balaban J connectivity index is 1.83. The van der Waals surface area contributed by atoms with Crippen molar-refractivity contribution in [2.75, 3.05) is 20.8 Å². The van der Waals surface area contributed by atoms with Crippen molar-refractivity contribution in [2.45, 2.75) is 13.0 Å². The number of carbonyl (C=O) groups excluding carboxylic acids is 1. The van der Waals surface area contributed by atoms with Gasteiger partial charge in [-0.15, -0.1) is 0 Å². The molecule has 1 aromatic heterocycles. The first kappa shape index (κ1) is 27.4. The highest BCUT2D eigenvalue weighted by Crippen LogP contribution is 2.37. The molecule has 0 saturated heterocycles. The fourth-order valence-corrected chi connectivity index (χ4v) is 6.01. The summed E-state index contributed by atoms with van der Waals surface area (Å²) in [5.41, 5.74) is 2.41. The number of halogens is 1. The van der Waals surface area contributed by atoms with E-state index in [1.165, 1.54) is 23.0 Å². The Labute approximate surface area is 242 Å². The van der Waals surface area contributed by atoms with E-state index >= 15 is 0 Å². The number of thiazole rings is 1. The van der Waals surface area contributed by atoms with E-state index in [1.807, 2.05) is 42.5 Å². The highest BCUT2D eigenvalue weighted by atomic mass is 79.9. The average Bonchev–Trinajstić information content (AvgIpc) is 3.28. The van der Waals surface area contributed by atoms with Crippen LogP contribution in [0.5, 0.6) is 17.2 Å². The molecule has 4 aromatic rings. The van der Waals surface area contributed by atoms with Crippen molar-refractivity contribution >= 4 is 45.0 Å². The maximum absolute atomic E-state index is 14.0. The van der Waals surface area contributed by atoms with Crippen molar-refractivity contribution in [1.29, 1.82) is 0 Å². The summed E-state index contributed by atoms with van der Waals surface area (Å²) in [5.74, 6) is 0.255. The molecule has 8 nitrogen and oxygen atoms in total. The largest absolute Gasteiger partial charge is 0.503 e. The van der Waals surface area contributed by atoms with E-state index < -0.39 is 12.0 Å². The molecule has 204 valence electrons. The fraction of sp³-hybridized carbons (Fsp3) is 0.167. The molecule has 2 heterocycles. The number of rotatable bonds is 7. The van der Waals surface area contributed by atoms with Gasteiger partial charge in [-0.25, -0.2) is 9.79 Å². The molecular formula is C30H25BrN2O6S. The lowest BCUT2D eigenvalue weighted by molar-refractivity contribution is -0.138. The topological polar surface area (TPSA) is 99.4 Å². The normalized spacial score (nSPS) is 14.9. The van der Waals surface area contributed by atoms with Crippen LogP contribution in [-0.4, -0.2) is 36.5 Å². The lowest BCUT2D eigenvalue weighted by Crippen LogP contribution is -2.40. The van der Waals surface area contributed by atoms with Gasteiger partial charge in [0.25, 0.3) is 5.56 Å². The van der Waals surface area contributed by atoms with E-state index in [0.29, 0.717) is 36.4 Å². The number of aromatic nitrogens is 1. The molecule has 1 N–H and O–H groups in total. The molecular weight excluding hydrogens is 596 g/mol. The summed E-state index contributed by atoms with van der Waals surface area (Å²) in [6.07, 6.45) is 1.70. The minimum Gasteiger partial charge on any atom is -0.503 e. The van der Waals surface area contributed by atoms with E-state index in [1.54, 1.807) is 44.4 Å². The number of phenols is 1. The molecule has 0 fully saturated rings. The second-order valence-corrected chi connectivity index (χ2v) is 10.6. The van der Waals surface area contributed by atoms with Crippen LogP contribution < -0.4 is 24.4 Å². The number of fused-ring (bicyclic) bond motifs is 1. The highest BCUT2D eigenvalue weighted by molar-refractivity contribution is 9.10. The maximum atomic E-state index is 14.0. The number of benzene rings is 3. The Morgan fingerprint density at radius 1 is 1.10 bits per heavy atom. The average molecular weight is 622 g/mol. The molecule has 0 saturated carbocycles. The predicted octanol–water partition coefficient (Wildman–Crippen LogP) is 4.42. The number of methoxy groups -OCH3 is 2. The Kier molecular flexibility index (Phi) is 7.90. The molecule has 1 atom stereocenters. The quantitative estimate of drug-likeness (QED) is 0.307. The summed E-state index contributed by atoms with van der Waals surface area (Å²) >= 11 is 4.54. The standard InChI is InChI=1S/C30H25BrN2O6S/c1-4-39-29(36)24-25(18-9-6-5-7-10-18)32-30-33(26(24)19-11-8-12-20(16-19)37-2)28(35)23(40-30)15-17-13-21(31)27(34)22(14-17)38-3/h5-16,26,34H,4H2,1-3H3/b23-15-/t26-/m0/s1. The summed E-state index contributed by atoms with van der Waals surface area (Å²) in [5, 5.41) is 10.2. The lowest BCUT2D eigenvalue weighted by Gasteiger charge is -2.26. The number of nitrogens with zero attached hydrogens (tertiary/aromatic N) is 2. The van der Waals surface area contributed by atoms with E-state index in [2.05, 4.69) is 15.9 Å². The van der Waals surface area contributed by atoms with Gasteiger partial charge in [-0.2, -0.15) is 0 Å². The number of hydrogen-bond donors (Lipinski definition) is 1. The summed E-state index contributed by atoms with van der Waals surface area (Å²) < 4.78 is 18.6. The van der Waals surface area contributed by atoms with Crippen LogP contribution >= 0.6 is 27.3 Å². The molecule has 10 heteroatoms. The zero-order valence-electron chi connectivity index (χ0n) is 21.9. The molecule has 1 aliphatic rings. The first-order valence-corrected chi connectivity index (χ1v) is 14.0. The fourth-order valence-electron chi connectivity index (χ4n) is 4.55. The minimum absolute atomic E-state index is 0.0364. The zero-order valence-corrected chi connectivity index (χ0v) is 24.3. The van der Waals surface area contributed by atoms with E-state index in [9.17, 15) is 14.7 Å². The van der Waals surface area contributed by atoms with E-state index in [4.69, 9.17) is 19.2 Å². The van der Waals surface area contributed by atoms with Crippen LogP contribution in [-0.2, 0) is 9.53 Å². The van der Waals surface area contributed by atoms with E-state index in [-0.39, 0.29) is 29.2 Å². The third-order valence-electron chi connectivity index (χ3n) is 6.35. The van der Waals surface area contributed by atoms with Gasteiger partial charge in [0.2, 0.25) is 0 Å². The number of ether oxygens (including phenoxy) is 3. The summed E-state index contributed by atoms with van der Waals surface area (Å²) in [7, 11) is 3.02. The summed E-state index contributed by atoms with van der Waals surface area (Å²) in [6.45, 7) is 1.90. The van der Waals surface area contributed by atoms with Crippen molar-refractivity contribution in [2.24, 2.45) is 4.99 Å². The van der Waals surface area contributed by atoms with Gasteiger partial charge in [0.05, 0.1) is 47.1 Å². The van der Waals surface area contributed by atoms with Crippen LogP contribution in [0.25, 0.3) is 11.8 Å². The van der Waals surface area contributed by atoms with Crippen LogP contribution in [0.1, 0.15) is 29.7 Å². The molecule has 0 radical (unpaired) electrons. The maximum Gasteiger partial charge on any atom is 0.338 e. The van der Waals surface area contributed by atoms with Crippen LogP contribution in [0.4, 0.5) is 0 Å². The van der Waals surface area contributed by atoms with Gasteiger partial charge >= 0.3 is 5.97 Å². The molecule has 1 aliphatic heterocycles. The second kappa shape index (κ2) is 11.5. The molecule has 0 aliphatic carbocycles. The van der Waals surface area contributed by atoms with Crippen molar-refractivity contribution in [3.05, 3.63) is 113 Å². The first-order chi connectivity index (χ1) is 19.4. The minimum atomic E-state index is -0.816. The second-order valence-electron chi connectivity index (χ2n) is 8.76. The van der Waals surface area contributed by atoms with Gasteiger partial charge in [-0.3, -0.25) is 9.36 Å². The Hall–Kier alpha value is -4.15. The van der Waals surface area contributed by atoms with Gasteiger partial charge in [0, 0.05) is 5.56 Å². The van der Waals surface area contributed by atoms with Crippen LogP contribution in [0.2, 0.25) is 0 Å². The molecule has 5 rings (SSSR count). The van der Waals surface area contributed by atoms with Crippen LogP contribution in [0, 0.1) is 0 Å². The van der Waals surface area contributed by atoms with Gasteiger partial charge in [-0.1, -0.05) is 53.8 Å². The molecule has 40 heavy (non-hydrogen) atoms. The van der Waals surface area contributed by atoms with Gasteiger partial charge in [0.1, 0.15) is 5.75 Å². The van der Waals surface area contributed by atoms with E-state index in [0.717, 1.165) is 5.56 Å². The third kappa shape index (κ3) is 5.07. The number of esters is 1. The van der Waals surface area contributed by atoms with Crippen molar-refractivity contribution in [3.63, 3.8) is 0 Å². The molecule has 0 unspecified atom stereocenters. The number of aromatic hydroxyl groups is 1. The smallest absolute Gasteiger partial charge is 0.338 e. The SMILES string of the molecule is CCOC(=O)C1=C(c2ccccc2)N=c2s/c(=C\c3cc(Br)c(O)c(OC)c3)c(=O)n2[C@H]1c1cccc(OC)c1. The van der Waals surface area contributed by atoms with Crippen molar-refractivity contribution in [3.8, 4) is 17.2 Å². The first-order valence-electron chi connectivity index (χ1n) is 12.3. The lowest BCUT2D eigenvalue weighted by atomic mass is 9.93. The predicted molar refractivity (Wildman–Crippen MR) is 156 cm³/mol. The van der Waals surface area contributed by atoms with Gasteiger partial charge < -0.3 is 19.3 Å². The Bertz CT molecular complexity index is 1810. The van der Waals surface area contributed by atoms with Crippen LogP contribution in [0.3, 0.4) is 0 Å². The third-order valence-corrected chi connectivity index (χ3v) is 7.94. The van der Waals surface area contributed by atoms with Crippen LogP contribution in [0.15, 0.2) is 86.6 Å². The van der Waals surface area contributed by atoms with Gasteiger partial charge in [-0.05, 0) is 64.3 Å². The zero-order chi connectivity index (χ0) is 28.4.